The van der Waals surface area contributed by atoms with Gasteiger partial charge in [0.2, 0.25) is 0 Å². The topological polar surface area (TPSA) is 34.1 Å². The average Bonchev–Trinajstić information content (AvgIpc) is 2.43. The summed E-state index contributed by atoms with van der Waals surface area (Å²) in [5.41, 5.74) is 0.0613. The number of hydrogen-bond donors (Lipinski definition) is 0. The molecule has 2 heteroatoms. The van der Waals surface area contributed by atoms with Crippen LogP contribution in [-0.4, -0.2) is 11.6 Å². The molecule has 0 aromatic carbocycles. The molecule has 0 spiro atoms. The summed E-state index contributed by atoms with van der Waals surface area (Å²) in [4.78, 5) is 22.6. The van der Waals surface area contributed by atoms with Crippen molar-refractivity contribution < 1.29 is 9.59 Å². The largest absolute Gasteiger partial charge is 0.294 e. The molecule has 0 aromatic heterocycles. The van der Waals surface area contributed by atoms with Gasteiger partial charge in [-0.25, -0.2) is 0 Å². The molecule has 0 saturated carbocycles. The minimum absolute atomic E-state index is 0.0613. The Morgan fingerprint density at radius 2 is 1.57 bits per heavy atom. The van der Waals surface area contributed by atoms with E-state index < -0.39 is 0 Å². The quantitative estimate of drug-likeness (QED) is 0.385. The van der Waals surface area contributed by atoms with E-state index in [9.17, 15) is 9.59 Å². The molecule has 1 aliphatic carbocycles. The van der Waals surface area contributed by atoms with Gasteiger partial charge in [-0.3, -0.25) is 9.59 Å². The Kier molecular flexibility index (Phi) is 3.35. The smallest absolute Gasteiger partial charge is 0.176 e. The van der Waals surface area contributed by atoms with Crippen LogP contribution in [-0.2, 0) is 9.59 Å². The molecule has 0 radical (unpaired) electrons. The molecule has 0 atom stereocenters. The number of hydrogen-bond acceptors (Lipinski definition) is 2. The molecule has 72 valence electrons. The Balaban J connectivity index is 2.80. The number of carbonyl (C=O) groups is 2. The number of ketones is 2. The average molecular weight is 188 g/mol. The van der Waals surface area contributed by atoms with E-state index in [2.05, 4.69) is 6.58 Å². The zero-order valence-electron chi connectivity index (χ0n) is 8.07. The summed E-state index contributed by atoms with van der Waals surface area (Å²) < 4.78 is 0. The monoisotopic (exact) mass is 188 g/mol. The molecule has 0 heterocycles. The molecule has 0 N–H and O–H groups in total. The van der Waals surface area contributed by atoms with Crippen LogP contribution in [0.2, 0.25) is 0 Å². The molecule has 0 aliphatic heterocycles. The van der Waals surface area contributed by atoms with Gasteiger partial charge in [-0.1, -0.05) is 43.0 Å². The summed E-state index contributed by atoms with van der Waals surface area (Å²) in [6.45, 7) is 4.82. The van der Waals surface area contributed by atoms with Gasteiger partial charge in [0.1, 0.15) is 0 Å². The van der Waals surface area contributed by atoms with Crippen molar-refractivity contribution in [2.24, 2.45) is 5.92 Å². The van der Waals surface area contributed by atoms with Gasteiger partial charge in [0, 0.05) is 0 Å². The highest BCUT2D eigenvalue weighted by molar-refractivity contribution is 6.20. The van der Waals surface area contributed by atoms with Crippen LogP contribution in [0.4, 0.5) is 0 Å². The molecule has 0 unspecified atom stereocenters. The van der Waals surface area contributed by atoms with E-state index in [1.54, 1.807) is 24.3 Å². The number of allylic oxidation sites excluding steroid dienone is 7. The summed E-state index contributed by atoms with van der Waals surface area (Å²) in [6.07, 6.45) is 10.7. The van der Waals surface area contributed by atoms with Crippen molar-refractivity contribution in [1.82, 2.24) is 0 Å². The van der Waals surface area contributed by atoms with Crippen molar-refractivity contribution >= 4 is 11.6 Å². The molecule has 0 amide bonds. The van der Waals surface area contributed by atoms with E-state index in [-0.39, 0.29) is 23.1 Å². The van der Waals surface area contributed by atoms with Gasteiger partial charge < -0.3 is 0 Å². The Morgan fingerprint density at radius 3 is 2.00 bits per heavy atom. The van der Waals surface area contributed by atoms with E-state index in [1.165, 1.54) is 6.92 Å². The number of carbonyl (C=O) groups excluding carboxylic acids is 2. The Bertz CT molecular complexity index is 341. The third kappa shape index (κ3) is 2.39. The first kappa shape index (κ1) is 10.4. The van der Waals surface area contributed by atoms with Crippen molar-refractivity contribution in [2.45, 2.75) is 6.92 Å². The second-order valence-electron chi connectivity index (χ2n) is 3.08. The van der Waals surface area contributed by atoms with E-state index in [0.717, 1.165) is 0 Å². The highest BCUT2D eigenvalue weighted by atomic mass is 16.1. The molecule has 0 bridgehead atoms. The van der Waals surface area contributed by atoms with Crippen LogP contribution in [0.3, 0.4) is 0 Å². The lowest BCUT2D eigenvalue weighted by molar-refractivity contribution is -0.121. The minimum Gasteiger partial charge on any atom is -0.294 e. The lowest BCUT2D eigenvalue weighted by Gasteiger charge is -2.05. The van der Waals surface area contributed by atoms with Crippen molar-refractivity contribution in [3.05, 3.63) is 48.6 Å². The van der Waals surface area contributed by atoms with Crippen LogP contribution < -0.4 is 0 Å². The Hall–Kier alpha value is -1.70. The SMILES string of the molecule is C=C(C(C)=O)C(=O)C1C=CC=CC=C1. The standard InChI is InChI=1S/C12H12O2/c1-9(10(2)13)12(14)11-7-5-3-4-6-8-11/h3-8,11H,1H2,2H3. The summed E-state index contributed by atoms with van der Waals surface area (Å²) >= 11 is 0. The zero-order valence-corrected chi connectivity index (χ0v) is 8.07. The van der Waals surface area contributed by atoms with Crippen LogP contribution in [0.1, 0.15) is 6.92 Å². The van der Waals surface area contributed by atoms with Crippen molar-refractivity contribution in [3.63, 3.8) is 0 Å². The molecule has 1 aliphatic rings. The van der Waals surface area contributed by atoms with Crippen LogP contribution in [0.15, 0.2) is 48.6 Å². The molecule has 0 aromatic rings. The third-order valence-corrected chi connectivity index (χ3v) is 2.00. The first-order valence-electron chi connectivity index (χ1n) is 4.38. The van der Waals surface area contributed by atoms with Gasteiger partial charge in [0.25, 0.3) is 0 Å². The van der Waals surface area contributed by atoms with E-state index in [1.807, 2.05) is 12.2 Å². The van der Waals surface area contributed by atoms with Gasteiger partial charge >= 0.3 is 0 Å². The molecular formula is C12H12O2. The van der Waals surface area contributed by atoms with Crippen LogP contribution in [0, 0.1) is 5.92 Å². The van der Waals surface area contributed by atoms with Gasteiger partial charge in [0.05, 0.1) is 11.5 Å². The van der Waals surface area contributed by atoms with Gasteiger partial charge in [0.15, 0.2) is 11.6 Å². The Morgan fingerprint density at radius 1 is 1.07 bits per heavy atom. The van der Waals surface area contributed by atoms with Gasteiger partial charge in [-0.05, 0) is 6.92 Å². The van der Waals surface area contributed by atoms with Crippen molar-refractivity contribution in [1.29, 1.82) is 0 Å². The van der Waals surface area contributed by atoms with E-state index >= 15 is 0 Å². The minimum atomic E-state index is -0.360. The predicted molar refractivity (Wildman–Crippen MR) is 55.7 cm³/mol. The van der Waals surface area contributed by atoms with Crippen LogP contribution >= 0.6 is 0 Å². The van der Waals surface area contributed by atoms with Gasteiger partial charge in [-0.15, -0.1) is 0 Å². The number of Topliss-reactive ketones (excluding diaryl/α,β-unsaturated/α-hetero) is 2. The van der Waals surface area contributed by atoms with Crippen molar-refractivity contribution in [2.75, 3.05) is 0 Å². The molecule has 0 fully saturated rings. The maximum absolute atomic E-state index is 11.6. The summed E-state index contributed by atoms with van der Waals surface area (Å²) in [7, 11) is 0. The second-order valence-corrected chi connectivity index (χ2v) is 3.08. The molecular weight excluding hydrogens is 176 g/mol. The van der Waals surface area contributed by atoms with Crippen LogP contribution in [0.25, 0.3) is 0 Å². The number of rotatable bonds is 3. The lowest BCUT2D eigenvalue weighted by atomic mass is 9.96. The van der Waals surface area contributed by atoms with Crippen LogP contribution in [0.5, 0.6) is 0 Å². The molecule has 2 nitrogen and oxygen atoms in total. The summed E-state index contributed by atoms with van der Waals surface area (Å²) in [5, 5.41) is 0. The fourth-order valence-corrected chi connectivity index (χ4v) is 1.11. The maximum atomic E-state index is 11.6. The highest BCUT2D eigenvalue weighted by Crippen LogP contribution is 2.12. The molecule has 0 saturated heterocycles. The maximum Gasteiger partial charge on any atom is 0.176 e. The predicted octanol–water partition coefficient (Wildman–Crippen LogP) is 2.00. The summed E-state index contributed by atoms with van der Waals surface area (Å²) in [6, 6.07) is 0. The normalized spacial score (nSPS) is 15.2. The fourth-order valence-electron chi connectivity index (χ4n) is 1.11. The van der Waals surface area contributed by atoms with Crippen molar-refractivity contribution in [3.8, 4) is 0 Å². The highest BCUT2D eigenvalue weighted by Gasteiger charge is 2.18. The van der Waals surface area contributed by atoms with Gasteiger partial charge in [-0.2, -0.15) is 0 Å². The molecule has 14 heavy (non-hydrogen) atoms. The summed E-state index contributed by atoms with van der Waals surface area (Å²) in [5.74, 6) is -0.857. The van der Waals surface area contributed by atoms with E-state index in [0.29, 0.717) is 0 Å². The Labute approximate surface area is 83.3 Å². The van der Waals surface area contributed by atoms with E-state index in [4.69, 9.17) is 0 Å². The molecule has 1 rings (SSSR count). The lowest BCUT2D eigenvalue weighted by Crippen LogP contribution is -2.16. The zero-order chi connectivity index (χ0) is 10.6. The fraction of sp³-hybridized carbons (Fsp3) is 0.167. The third-order valence-electron chi connectivity index (χ3n) is 2.00. The first-order valence-corrected chi connectivity index (χ1v) is 4.38. The first-order chi connectivity index (χ1) is 6.63. The second kappa shape index (κ2) is 4.51.